The van der Waals surface area contributed by atoms with Crippen LogP contribution in [0.25, 0.3) is 0 Å². The number of hydrogen-bond acceptors (Lipinski definition) is 2. The molecule has 0 aromatic heterocycles. The van der Waals surface area contributed by atoms with Gasteiger partial charge in [-0.25, -0.2) is 0 Å². The molecule has 1 aromatic rings. The molecule has 0 aliphatic carbocycles. The van der Waals surface area contributed by atoms with Gasteiger partial charge in [0.1, 0.15) is 5.84 Å². The van der Waals surface area contributed by atoms with E-state index in [0.29, 0.717) is 0 Å². The van der Waals surface area contributed by atoms with E-state index in [1.54, 1.807) is 0 Å². The Morgan fingerprint density at radius 1 is 1.14 bits per heavy atom. The SMILES string of the molecule is c1ccc2c(c1)CCC1=NCCCN12. The van der Waals surface area contributed by atoms with Crippen molar-refractivity contribution in [3.8, 4) is 0 Å². The van der Waals surface area contributed by atoms with Gasteiger partial charge < -0.3 is 4.90 Å². The fourth-order valence-electron chi connectivity index (χ4n) is 2.36. The molecule has 14 heavy (non-hydrogen) atoms. The van der Waals surface area contributed by atoms with Gasteiger partial charge in [-0.3, -0.25) is 4.99 Å². The van der Waals surface area contributed by atoms with Crippen LogP contribution in [0.4, 0.5) is 5.69 Å². The first-order chi connectivity index (χ1) is 6.95. The van der Waals surface area contributed by atoms with Gasteiger partial charge in [0.2, 0.25) is 0 Å². The summed E-state index contributed by atoms with van der Waals surface area (Å²) >= 11 is 0. The number of para-hydroxylation sites is 1. The van der Waals surface area contributed by atoms with E-state index in [4.69, 9.17) is 0 Å². The molecular formula is C12H14N2. The van der Waals surface area contributed by atoms with Crippen molar-refractivity contribution in [3.05, 3.63) is 29.8 Å². The van der Waals surface area contributed by atoms with E-state index in [0.717, 1.165) is 25.9 Å². The Balaban J connectivity index is 2.08. The Labute approximate surface area is 84.3 Å². The van der Waals surface area contributed by atoms with Crippen molar-refractivity contribution in [1.82, 2.24) is 0 Å². The largest absolute Gasteiger partial charge is 0.330 e. The van der Waals surface area contributed by atoms with Gasteiger partial charge in [-0.1, -0.05) is 18.2 Å². The van der Waals surface area contributed by atoms with Gasteiger partial charge in [0.05, 0.1) is 0 Å². The minimum atomic E-state index is 1.02. The van der Waals surface area contributed by atoms with Crippen LogP contribution in [0.5, 0.6) is 0 Å². The lowest BCUT2D eigenvalue weighted by atomic mass is 10.00. The molecule has 0 N–H and O–H groups in total. The predicted molar refractivity (Wildman–Crippen MR) is 59.0 cm³/mol. The number of nitrogens with zero attached hydrogens (tertiary/aromatic N) is 2. The highest BCUT2D eigenvalue weighted by Gasteiger charge is 2.23. The molecule has 2 aliphatic heterocycles. The van der Waals surface area contributed by atoms with Crippen molar-refractivity contribution in [2.24, 2.45) is 4.99 Å². The molecule has 0 atom stereocenters. The third-order valence-corrected chi connectivity index (χ3v) is 3.05. The Hall–Kier alpha value is -1.31. The molecule has 0 bridgehead atoms. The number of anilines is 1. The molecule has 0 radical (unpaired) electrons. The first-order valence-corrected chi connectivity index (χ1v) is 5.34. The maximum absolute atomic E-state index is 4.59. The minimum Gasteiger partial charge on any atom is -0.330 e. The van der Waals surface area contributed by atoms with Crippen LogP contribution in [0.3, 0.4) is 0 Å². The molecule has 72 valence electrons. The van der Waals surface area contributed by atoms with Gasteiger partial charge in [0.15, 0.2) is 0 Å². The van der Waals surface area contributed by atoms with E-state index < -0.39 is 0 Å². The quantitative estimate of drug-likeness (QED) is 0.606. The summed E-state index contributed by atoms with van der Waals surface area (Å²) in [4.78, 5) is 6.98. The molecule has 2 heteroatoms. The third-order valence-electron chi connectivity index (χ3n) is 3.05. The topological polar surface area (TPSA) is 15.6 Å². The summed E-state index contributed by atoms with van der Waals surface area (Å²) in [5, 5.41) is 0. The highest BCUT2D eigenvalue weighted by molar-refractivity contribution is 6.00. The zero-order chi connectivity index (χ0) is 9.38. The highest BCUT2D eigenvalue weighted by Crippen LogP contribution is 2.29. The Kier molecular flexibility index (Phi) is 1.79. The number of fused-ring (bicyclic) bond motifs is 3. The lowest BCUT2D eigenvalue weighted by Gasteiger charge is -2.34. The average Bonchev–Trinajstić information content (AvgIpc) is 2.29. The normalized spacial score (nSPS) is 19.7. The maximum atomic E-state index is 4.59. The molecule has 1 aromatic carbocycles. The second-order valence-electron chi connectivity index (χ2n) is 3.93. The zero-order valence-corrected chi connectivity index (χ0v) is 8.24. The lowest BCUT2D eigenvalue weighted by Crippen LogP contribution is -2.39. The van der Waals surface area contributed by atoms with E-state index in [1.165, 1.54) is 23.5 Å². The van der Waals surface area contributed by atoms with Crippen LogP contribution in [0.15, 0.2) is 29.3 Å². The van der Waals surface area contributed by atoms with E-state index >= 15 is 0 Å². The van der Waals surface area contributed by atoms with Crippen molar-refractivity contribution < 1.29 is 0 Å². The fraction of sp³-hybridized carbons (Fsp3) is 0.417. The molecule has 2 aliphatic rings. The molecule has 3 rings (SSSR count). The summed E-state index contributed by atoms with van der Waals surface area (Å²) in [5.41, 5.74) is 2.87. The summed E-state index contributed by atoms with van der Waals surface area (Å²) in [6, 6.07) is 8.71. The van der Waals surface area contributed by atoms with Crippen LogP contribution >= 0.6 is 0 Å². The van der Waals surface area contributed by atoms with E-state index in [9.17, 15) is 0 Å². The van der Waals surface area contributed by atoms with Crippen molar-refractivity contribution >= 4 is 11.5 Å². The van der Waals surface area contributed by atoms with Crippen molar-refractivity contribution in [1.29, 1.82) is 0 Å². The summed E-state index contributed by atoms with van der Waals surface area (Å²) in [5.74, 6) is 1.30. The van der Waals surface area contributed by atoms with Gasteiger partial charge in [0.25, 0.3) is 0 Å². The van der Waals surface area contributed by atoms with Crippen LogP contribution in [-0.2, 0) is 6.42 Å². The van der Waals surface area contributed by atoms with E-state index in [1.807, 2.05) is 0 Å². The fourth-order valence-corrected chi connectivity index (χ4v) is 2.36. The van der Waals surface area contributed by atoms with Gasteiger partial charge in [0, 0.05) is 25.2 Å². The van der Waals surface area contributed by atoms with Gasteiger partial charge >= 0.3 is 0 Å². The van der Waals surface area contributed by atoms with Crippen LogP contribution in [0, 0.1) is 0 Å². The molecule has 0 unspecified atom stereocenters. The number of hydrogen-bond donors (Lipinski definition) is 0. The third kappa shape index (κ3) is 1.14. The molecule has 0 spiro atoms. The molecular weight excluding hydrogens is 172 g/mol. The second kappa shape index (κ2) is 3.12. The standard InChI is InChI=1S/C12H14N2/c1-2-5-11-10(4-1)6-7-12-13-8-3-9-14(11)12/h1-2,4-5H,3,6-9H2. The number of aliphatic imine (C=N–C) groups is 1. The first kappa shape index (κ1) is 8.04. The van der Waals surface area contributed by atoms with Crippen molar-refractivity contribution in [2.45, 2.75) is 19.3 Å². The van der Waals surface area contributed by atoms with E-state index in [2.05, 4.69) is 34.2 Å². The number of aryl methyl sites for hydroxylation is 1. The summed E-state index contributed by atoms with van der Waals surface area (Å²) in [6.07, 6.45) is 3.47. The number of benzene rings is 1. The second-order valence-corrected chi connectivity index (χ2v) is 3.93. The summed E-state index contributed by atoms with van der Waals surface area (Å²) in [6.45, 7) is 2.17. The molecule has 0 fully saturated rings. The Morgan fingerprint density at radius 3 is 3.07 bits per heavy atom. The predicted octanol–water partition coefficient (Wildman–Crippen LogP) is 2.24. The minimum absolute atomic E-state index is 1.02. The molecule has 0 amide bonds. The lowest BCUT2D eigenvalue weighted by molar-refractivity contribution is 0.753. The first-order valence-electron chi connectivity index (χ1n) is 5.34. The molecule has 0 saturated heterocycles. The van der Waals surface area contributed by atoms with Crippen LogP contribution < -0.4 is 4.90 Å². The zero-order valence-electron chi connectivity index (χ0n) is 8.24. The monoisotopic (exact) mass is 186 g/mol. The average molecular weight is 186 g/mol. The van der Waals surface area contributed by atoms with E-state index in [-0.39, 0.29) is 0 Å². The van der Waals surface area contributed by atoms with Crippen molar-refractivity contribution in [3.63, 3.8) is 0 Å². The Morgan fingerprint density at radius 2 is 2.07 bits per heavy atom. The maximum Gasteiger partial charge on any atom is 0.104 e. The molecule has 2 nitrogen and oxygen atoms in total. The molecule has 0 saturated carbocycles. The molecule has 2 heterocycles. The Bertz CT molecular complexity index is 382. The van der Waals surface area contributed by atoms with Crippen LogP contribution in [-0.4, -0.2) is 18.9 Å². The van der Waals surface area contributed by atoms with Gasteiger partial charge in [-0.2, -0.15) is 0 Å². The van der Waals surface area contributed by atoms with Gasteiger partial charge in [-0.05, 0) is 24.5 Å². The number of amidine groups is 1. The summed E-state index contributed by atoms with van der Waals surface area (Å²) in [7, 11) is 0. The van der Waals surface area contributed by atoms with Crippen LogP contribution in [0.1, 0.15) is 18.4 Å². The van der Waals surface area contributed by atoms with Crippen LogP contribution in [0.2, 0.25) is 0 Å². The summed E-state index contributed by atoms with van der Waals surface area (Å²) < 4.78 is 0. The van der Waals surface area contributed by atoms with Crippen molar-refractivity contribution in [2.75, 3.05) is 18.0 Å². The highest BCUT2D eigenvalue weighted by atomic mass is 15.2. The van der Waals surface area contributed by atoms with Gasteiger partial charge in [-0.15, -0.1) is 0 Å². The number of rotatable bonds is 0. The smallest absolute Gasteiger partial charge is 0.104 e.